The van der Waals surface area contributed by atoms with Crippen molar-refractivity contribution in [1.82, 2.24) is 0 Å². The molecule has 0 unspecified atom stereocenters. The summed E-state index contributed by atoms with van der Waals surface area (Å²) in [7, 11) is 4.09. The lowest BCUT2D eigenvalue weighted by Crippen LogP contribution is -2.08. The van der Waals surface area contributed by atoms with Gasteiger partial charge in [0.1, 0.15) is 0 Å². The third-order valence-corrected chi connectivity index (χ3v) is 2.21. The maximum atomic E-state index is 3.69. The van der Waals surface area contributed by atoms with Crippen molar-refractivity contribution in [3.8, 4) is 0 Å². The van der Waals surface area contributed by atoms with Crippen LogP contribution in [0.15, 0.2) is 43.0 Å². The first kappa shape index (κ1) is 10.6. The van der Waals surface area contributed by atoms with Crippen LogP contribution in [0.4, 0.5) is 5.69 Å². The van der Waals surface area contributed by atoms with Gasteiger partial charge < -0.3 is 4.90 Å². The highest BCUT2D eigenvalue weighted by Gasteiger charge is 1.96. The van der Waals surface area contributed by atoms with E-state index in [-0.39, 0.29) is 0 Å². The van der Waals surface area contributed by atoms with Crippen molar-refractivity contribution >= 4 is 11.3 Å². The van der Waals surface area contributed by atoms with Gasteiger partial charge in [0, 0.05) is 19.8 Å². The molecule has 0 spiro atoms. The normalized spacial score (nSPS) is 11.2. The van der Waals surface area contributed by atoms with Crippen LogP contribution in [0.1, 0.15) is 12.5 Å². The summed E-state index contributed by atoms with van der Waals surface area (Å²) in [5, 5.41) is 0. The first-order valence-electron chi connectivity index (χ1n) is 4.72. The average molecular weight is 187 g/mol. The minimum Gasteiger partial charge on any atom is -0.378 e. The van der Waals surface area contributed by atoms with Crippen molar-refractivity contribution in [2.24, 2.45) is 0 Å². The highest BCUT2D eigenvalue weighted by Crippen LogP contribution is 2.18. The molecule has 14 heavy (non-hydrogen) atoms. The Kier molecular flexibility index (Phi) is 3.52. The van der Waals surface area contributed by atoms with E-state index in [1.807, 2.05) is 26.2 Å². The fourth-order valence-electron chi connectivity index (χ4n) is 1.30. The molecule has 0 aromatic heterocycles. The van der Waals surface area contributed by atoms with Crippen LogP contribution >= 0.6 is 0 Å². The van der Waals surface area contributed by atoms with E-state index in [0.717, 1.165) is 0 Å². The number of nitrogens with zero attached hydrogens (tertiary/aromatic N) is 1. The average Bonchev–Trinajstić information content (AvgIpc) is 2.18. The molecule has 1 aromatic rings. The second-order valence-corrected chi connectivity index (χ2v) is 3.53. The van der Waals surface area contributed by atoms with Crippen LogP contribution < -0.4 is 4.90 Å². The summed E-state index contributed by atoms with van der Waals surface area (Å²) < 4.78 is 0. The van der Waals surface area contributed by atoms with Crippen LogP contribution in [-0.4, -0.2) is 14.1 Å². The number of anilines is 1. The van der Waals surface area contributed by atoms with Crippen LogP contribution in [0.2, 0.25) is 0 Å². The standard InChI is InChI=1S/C13H17N/c1-5-6-11(2)12-7-9-13(10-8-12)14(3)4/h5-10H,1H2,2-4H3. The van der Waals surface area contributed by atoms with Gasteiger partial charge in [-0.15, -0.1) is 0 Å². The molecule has 1 nitrogen and oxygen atoms in total. The predicted molar refractivity (Wildman–Crippen MR) is 64.6 cm³/mol. The van der Waals surface area contributed by atoms with Crippen LogP contribution in [0, 0.1) is 0 Å². The predicted octanol–water partition coefficient (Wildman–Crippen LogP) is 3.34. The molecule has 0 radical (unpaired) electrons. The number of benzene rings is 1. The van der Waals surface area contributed by atoms with E-state index in [1.165, 1.54) is 16.8 Å². The van der Waals surface area contributed by atoms with Crippen molar-refractivity contribution < 1.29 is 0 Å². The van der Waals surface area contributed by atoms with E-state index in [9.17, 15) is 0 Å². The van der Waals surface area contributed by atoms with Gasteiger partial charge in [-0.3, -0.25) is 0 Å². The van der Waals surface area contributed by atoms with Crippen LogP contribution in [0.3, 0.4) is 0 Å². The molecular weight excluding hydrogens is 170 g/mol. The molecule has 0 atom stereocenters. The molecule has 0 aliphatic heterocycles. The topological polar surface area (TPSA) is 3.24 Å². The highest BCUT2D eigenvalue weighted by molar-refractivity contribution is 5.66. The van der Waals surface area contributed by atoms with Gasteiger partial charge in [0.15, 0.2) is 0 Å². The second kappa shape index (κ2) is 4.66. The number of hydrogen-bond acceptors (Lipinski definition) is 1. The fourth-order valence-corrected chi connectivity index (χ4v) is 1.30. The molecule has 0 aliphatic carbocycles. The third kappa shape index (κ3) is 2.49. The monoisotopic (exact) mass is 187 g/mol. The van der Waals surface area contributed by atoms with E-state index >= 15 is 0 Å². The minimum absolute atomic E-state index is 1.22. The lowest BCUT2D eigenvalue weighted by Gasteiger charge is -2.12. The largest absolute Gasteiger partial charge is 0.378 e. The summed E-state index contributed by atoms with van der Waals surface area (Å²) in [4.78, 5) is 2.09. The van der Waals surface area contributed by atoms with Gasteiger partial charge in [-0.05, 0) is 30.2 Å². The van der Waals surface area contributed by atoms with Crippen molar-refractivity contribution in [3.05, 3.63) is 48.6 Å². The van der Waals surface area contributed by atoms with Gasteiger partial charge in [0.25, 0.3) is 0 Å². The van der Waals surface area contributed by atoms with E-state index in [1.54, 1.807) is 0 Å². The zero-order valence-corrected chi connectivity index (χ0v) is 9.12. The van der Waals surface area contributed by atoms with Crippen LogP contribution in [0.25, 0.3) is 5.57 Å². The lowest BCUT2D eigenvalue weighted by molar-refractivity contribution is 1.13. The van der Waals surface area contributed by atoms with E-state index in [2.05, 4.69) is 42.7 Å². The Morgan fingerprint density at radius 3 is 2.21 bits per heavy atom. The molecule has 0 fully saturated rings. The summed E-state index contributed by atoms with van der Waals surface area (Å²) in [5.74, 6) is 0. The Bertz CT molecular complexity index is 331. The van der Waals surface area contributed by atoms with E-state index < -0.39 is 0 Å². The first-order chi connectivity index (χ1) is 6.65. The first-order valence-corrected chi connectivity index (χ1v) is 4.72. The zero-order chi connectivity index (χ0) is 10.6. The van der Waals surface area contributed by atoms with Crippen molar-refractivity contribution in [2.45, 2.75) is 6.92 Å². The summed E-state index contributed by atoms with van der Waals surface area (Å²) >= 11 is 0. The molecule has 0 saturated carbocycles. The second-order valence-electron chi connectivity index (χ2n) is 3.53. The van der Waals surface area contributed by atoms with Crippen molar-refractivity contribution in [2.75, 3.05) is 19.0 Å². The quantitative estimate of drug-likeness (QED) is 0.656. The Hall–Kier alpha value is -1.50. The van der Waals surface area contributed by atoms with Gasteiger partial charge >= 0.3 is 0 Å². The van der Waals surface area contributed by atoms with Crippen molar-refractivity contribution in [1.29, 1.82) is 0 Å². The number of allylic oxidation sites excluding steroid dienone is 3. The summed E-state index contributed by atoms with van der Waals surface area (Å²) in [6.07, 6.45) is 3.83. The van der Waals surface area contributed by atoms with Crippen LogP contribution in [0.5, 0.6) is 0 Å². The molecule has 0 heterocycles. The smallest absolute Gasteiger partial charge is 0.0361 e. The molecule has 1 rings (SSSR count). The number of rotatable bonds is 3. The van der Waals surface area contributed by atoms with Gasteiger partial charge in [0.2, 0.25) is 0 Å². The molecule has 0 amide bonds. The van der Waals surface area contributed by atoms with Gasteiger partial charge in [-0.2, -0.15) is 0 Å². The Labute approximate surface area is 86.4 Å². The molecule has 0 N–H and O–H groups in total. The molecule has 1 heteroatoms. The Balaban J connectivity index is 2.93. The maximum Gasteiger partial charge on any atom is 0.0361 e. The van der Waals surface area contributed by atoms with Gasteiger partial charge in [-0.25, -0.2) is 0 Å². The molecule has 74 valence electrons. The summed E-state index contributed by atoms with van der Waals surface area (Å²) in [6.45, 7) is 5.78. The lowest BCUT2D eigenvalue weighted by atomic mass is 10.1. The van der Waals surface area contributed by atoms with E-state index in [4.69, 9.17) is 0 Å². The van der Waals surface area contributed by atoms with Crippen molar-refractivity contribution in [3.63, 3.8) is 0 Å². The SMILES string of the molecule is C=CC=C(C)c1ccc(N(C)C)cc1. The Morgan fingerprint density at radius 1 is 1.21 bits per heavy atom. The minimum atomic E-state index is 1.22. The molecule has 0 saturated heterocycles. The van der Waals surface area contributed by atoms with Crippen LogP contribution in [-0.2, 0) is 0 Å². The maximum absolute atomic E-state index is 3.69. The van der Waals surface area contributed by atoms with Gasteiger partial charge in [-0.1, -0.05) is 30.9 Å². The molecule has 1 aromatic carbocycles. The molecule has 0 bridgehead atoms. The van der Waals surface area contributed by atoms with Gasteiger partial charge in [0.05, 0.1) is 0 Å². The zero-order valence-electron chi connectivity index (χ0n) is 9.12. The number of hydrogen-bond donors (Lipinski definition) is 0. The van der Waals surface area contributed by atoms with E-state index in [0.29, 0.717) is 0 Å². The molecule has 0 aliphatic rings. The third-order valence-electron chi connectivity index (χ3n) is 2.21. The summed E-state index contributed by atoms with van der Waals surface area (Å²) in [6, 6.07) is 8.50. The highest BCUT2D eigenvalue weighted by atomic mass is 15.1. The fraction of sp³-hybridized carbons (Fsp3) is 0.231. The Morgan fingerprint density at radius 2 is 1.79 bits per heavy atom. The summed E-state index contributed by atoms with van der Waals surface area (Å²) in [5.41, 5.74) is 3.71. The molecular formula is C13H17N.